The van der Waals surface area contributed by atoms with Gasteiger partial charge in [0.15, 0.2) is 11.6 Å². The topological polar surface area (TPSA) is 92.9 Å². The maximum absolute atomic E-state index is 4.68. The van der Waals surface area contributed by atoms with Gasteiger partial charge in [0.2, 0.25) is 11.3 Å². The number of hydrogen-bond acceptors (Lipinski definition) is 9. The number of nitrogens with one attached hydrogen (secondary N) is 1. The summed E-state index contributed by atoms with van der Waals surface area (Å²) in [6.07, 6.45) is 0. The zero-order chi connectivity index (χ0) is 15.9. The first kappa shape index (κ1) is 14.6. The maximum Gasteiger partial charge on any atom is 0.245 e. The first-order chi connectivity index (χ1) is 10.5. The number of hydrogen-bond donors (Lipinski definition) is 1. The lowest BCUT2D eigenvalue weighted by atomic mass is 10.2. The Labute approximate surface area is 131 Å². The molecule has 1 atom stereocenters. The molecule has 0 aliphatic heterocycles. The van der Waals surface area contributed by atoms with Crippen molar-refractivity contribution in [1.82, 2.24) is 25.3 Å². The average molecular weight is 319 g/mol. The van der Waals surface area contributed by atoms with E-state index in [1.807, 2.05) is 32.8 Å². The van der Waals surface area contributed by atoms with Gasteiger partial charge in [0.25, 0.3) is 0 Å². The molecule has 0 radical (unpaired) electrons. The molecule has 3 heterocycles. The highest BCUT2D eigenvalue weighted by atomic mass is 32.1. The first-order valence-corrected chi connectivity index (χ1v) is 7.65. The average Bonchev–Trinajstić information content (AvgIpc) is 3.03. The van der Waals surface area contributed by atoms with Gasteiger partial charge in [-0.3, -0.25) is 0 Å². The SMILES string of the molecule is Cc1nc([C@@H](C)Nc2nc3nonc3nc2N(C)C)c(C)s1. The predicted octanol–water partition coefficient (Wildman–Crippen LogP) is 2.33. The molecule has 1 N–H and O–H groups in total. The predicted molar refractivity (Wildman–Crippen MR) is 85.3 cm³/mol. The minimum Gasteiger partial charge on any atom is -0.360 e. The molecule has 22 heavy (non-hydrogen) atoms. The van der Waals surface area contributed by atoms with E-state index >= 15 is 0 Å². The number of nitrogens with zero attached hydrogens (tertiary/aromatic N) is 6. The Hall–Kier alpha value is -2.29. The normalized spacial score (nSPS) is 12.6. The van der Waals surface area contributed by atoms with Gasteiger partial charge in [0.1, 0.15) is 0 Å². The molecule has 0 fully saturated rings. The number of rotatable bonds is 4. The molecule has 9 heteroatoms. The molecule has 0 spiro atoms. The van der Waals surface area contributed by atoms with E-state index in [1.54, 1.807) is 11.3 Å². The fraction of sp³-hybridized carbons (Fsp3) is 0.462. The Kier molecular flexibility index (Phi) is 3.65. The number of anilines is 2. The lowest BCUT2D eigenvalue weighted by molar-refractivity contribution is 0.314. The molecule has 0 aliphatic rings. The van der Waals surface area contributed by atoms with Crippen LogP contribution in [-0.4, -0.2) is 39.4 Å². The molecule has 3 aromatic rings. The van der Waals surface area contributed by atoms with Crippen LogP contribution in [0, 0.1) is 13.8 Å². The van der Waals surface area contributed by atoms with Crippen LogP contribution in [-0.2, 0) is 0 Å². The number of fused-ring (bicyclic) bond motifs is 1. The van der Waals surface area contributed by atoms with Crippen LogP contribution in [0.5, 0.6) is 0 Å². The van der Waals surface area contributed by atoms with Crippen molar-refractivity contribution >= 4 is 34.3 Å². The number of aryl methyl sites for hydroxylation is 2. The highest BCUT2D eigenvalue weighted by molar-refractivity contribution is 7.11. The van der Waals surface area contributed by atoms with Crippen molar-refractivity contribution in [1.29, 1.82) is 0 Å². The zero-order valence-corrected chi connectivity index (χ0v) is 13.9. The molecule has 0 bridgehead atoms. The van der Waals surface area contributed by atoms with Gasteiger partial charge in [-0.05, 0) is 31.1 Å². The summed E-state index contributed by atoms with van der Waals surface area (Å²) in [4.78, 5) is 16.5. The Bertz CT molecular complexity index is 810. The standard InChI is InChI=1S/C13H17N7OS/c1-6(9-7(2)22-8(3)15-9)14-12-13(20(4)5)17-11-10(16-12)18-21-19-11/h6H,1-5H3,(H,14,16,18)/t6-/m1/s1. The van der Waals surface area contributed by atoms with E-state index in [2.05, 4.69) is 42.1 Å². The van der Waals surface area contributed by atoms with Crippen LogP contribution in [0.15, 0.2) is 4.63 Å². The van der Waals surface area contributed by atoms with Gasteiger partial charge in [-0.25, -0.2) is 19.6 Å². The van der Waals surface area contributed by atoms with E-state index in [0.717, 1.165) is 10.7 Å². The second-order valence-corrected chi connectivity index (χ2v) is 6.65. The van der Waals surface area contributed by atoms with E-state index in [0.29, 0.717) is 22.9 Å². The van der Waals surface area contributed by atoms with Crippen molar-refractivity contribution in [2.75, 3.05) is 24.3 Å². The summed E-state index contributed by atoms with van der Waals surface area (Å²) in [5, 5.41) is 11.9. The van der Waals surface area contributed by atoms with Gasteiger partial charge < -0.3 is 10.2 Å². The number of aromatic nitrogens is 5. The van der Waals surface area contributed by atoms with Crippen molar-refractivity contribution in [2.24, 2.45) is 0 Å². The first-order valence-electron chi connectivity index (χ1n) is 6.83. The van der Waals surface area contributed by atoms with Gasteiger partial charge in [-0.2, -0.15) is 0 Å². The van der Waals surface area contributed by atoms with Crippen LogP contribution >= 0.6 is 11.3 Å². The minimum atomic E-state index is 0.00950. The minimum absolute atomic E-state index is 0.00950. The second-order valence-electron chi connectivity index (χ2n) is 5.24. The molecule has 0 saturated heterocycles. The Balaban J connectivity index is 1.98. The lowest BCUT2D eigenvalue weighted by Gasteiger charge is -2.19. The third kappa shape index (κ3) is 2.59. The monoisotopic (exact) mass is 319 g/mol. The Morgan fingerprint density at radius 1 is 1.09 bits per heavy atom. The molecule has 3 rings (SSSR count). The molecule has 0 unspecified atom stereocenters. The summed E-state index contributed by atoms with van der Waals surface area (Å²) in [7, 11) is 3.80. The summed E-state index contributed by atoms with van der Waals surface area (Å²) in [5.74, 6) is 1.31. The van der Waals surface area contributed by atoms with Crippen molar-refractivity contribution in [3.05, 3.63) is 15.6 Å². The summed E-state index contributed by atoms with van der Waals surface area (Å²) in [6, 6.07) is 0.00950. The van der Waals surface area contributed by atoms with Crippen molar-refractivity contribution < 1.29 is 4.63 Å². The largest absolute Gasteiger partial charge is 0.360 e. The molecule has 116 valence electrons. The molecule has 3 aromatic heterocycles. The fourth-order valence-corrected chi connectivity index (χ4v) is 3.17. The van der Waals surface area contributed by atoms with E-state index in [4.69, 9.17) is 0 Å². The van der Waals surface area contributed by atoms with Crippen molar-refractivity contribution in [3.63, 3.8) is 0 Å². The van der Waals surface area contributed by atoms with Gasteiger partial charge in [-0.1, -0.05) is 0 Å². The third-order valence-electron chi connectivity index (χ3n) is 3.22. The van der Waals surface area contributed by atoms with Gasteiger partial charge in [0, 0.05) is 19.0 Å². The fourth-order valence-electron chi connectivity index (χ4n) is 2.26. The van der Waals surface area contributed by atoms with Gasteiger partial charge in [-0.15, -0.1) is 11.3 Å². The molecule has 0 aromatic carbocycles. The molecule has 0 saturated carbocycles. The molecule has 0 amide bonds. The number of thiazole rings is 1. The van der Waals surface area contributed by atoms with Gasteiger partial charge in [0.05, 0.1) is 16.7 Å². The third-order valence-corrected chi connectivity index (χ3v) is 4.12. The smallest absolute Gasteiger partial charge is 0.245 e. The zero-order valence-electron chi connectivity index (χ0n) is 13.1. The quantitative estimate of drug-likeness (QED) is 0.783. The van der Waals surface area contributed by atoms with Crippen LogP contribution in [0.3, 0.4) is 0 Å². The Morgan fingerprint density at radius 3 is 2.36 bits per heavy atom. The summed E-state index contributed by atoms with van der Waals surface area (Å²) in [6.45, 7) is 6.13. The van der Waals surface area contributed by atoms with Crippen molar-refractivity contribution in [2.45, 2.75) is 26.8 Å². The van der Waals surface area contributed by atoms with E-state index in [9.17, 15) is 0 Å². The second kappa shape index (κ2) is 5.48. The lowest BCUT2D eigenvalue weighted by Crippen LogP contribution is -2.17. The van der Waals surface area contributed by atoms with E-state index in [-0.39, 0.29) is 6.04 Å². The molecule has 0 aliphatic carbocycles. The summed E-state index contributed by atoms with van der Waals surface area (Å²) >= 11 is 1.69. The summed E-state index contributed by atoms with van der Waals surface area (Å²) in [5.41, 5.74) is 1.79. The highest BCUT2D eigenvalue weighted by Gasteiger charge is 2.19. The highest BCUT2D eigenvalue weighted by Crippen LogP contribution is 2.28. The Morgan fingerprint density at radius 2 is 1.77 bits per heavy atom. The molecular formula is C13H17N7OS. The van der Waals surface area contributed by atoms with Crippen LogP contribution in [0.25, 0.3) is 11.3 Å². The molecular weight excluding hydrogens is 302 g/mol. The van der Waals surface area contributed by atoms with E-state index < -0.39 is 0 Å². The van der Waals surface area contributed by atoms with Crippen LogP contribution in [0.1, 0.15) is 28.5 Å². The van der Waals surface area contributed by atoms with Crippen LogP contribution < -0.4 is 10.2 Å². The maximum atomic E-state index is 4.68. The summed E-state index contributed by atoms with van der Waals surface area (Å²) < 4.78 is 4.68. The van der Waals surface area contributed by atoms with Crippen LogP contribution in [0.4, 0.5) is 11.6 Å². The van der Waals surface area contributed by atoms with Crippen LogP contribution in [0.2, 0.25) is 0 Å². The van der Waals surface area contributed by atoms with Gasteiger partial charge >= 0.3 is 0 Å². The molecule has 8 nitrogen and oxygen atoms in total. The van der Waals surface area contributed by atoms with Crippen molar-refractivity contribution in [3.8, 4) is 0 Å². The van der Waals surface area contributed by atoms with E-state index in [1.165, 1.54) is 4.88 Å².